The van der Waals surface area contributed by atoms with Crippen LogP contribution < -0.4 is 0 Å². The van der Waals surface area contributed by atoms with E-state index in [1.807, 2.05) is 23.1 Å². The number of carbonyl (C=O) groups is 1. The molecular formula is C15H20ClNO. The molecule has 0 atom stereocenters. The highest BCUT2D eigenvalue weighted by atomic mass is 35.5. The molecule has 0 unspecified atom stereocenters. The maximum Gasteiger partial charge on any atom is 0.254 e. The van der Waals surface area contributed by atoms with Gasteiger partial charge in [0, 0.05) is 24.5 Å². The van der Waals surface area contributed by atoms with E-state index in [-0.39, 0.29) is 5.91 Å². The topological polar surface area (TPSA) is 20.3 Å². The van der Waals surface area contributed by atoms with Gasteiger partial charge in [-0.1, -0.05) is 24.6 Å². The Morgan fingerprint density at radius 1 is 1.17 bits per heavy atom. The summed E-state index contributed by atoms with van der Waals surface area (Å²) in [6, 6.07) is 7.99. The van der Waals surface area contributed by atoms with E-state index >= 15 is 0 Å². The van der Waals surface area contributed by atoms with E-state index in [2.05, 4.69) is 6.07 Å². The smallest absolute Gasteiger partial charge is 0.254 e. The molecule has 0 saturated heterocycles. The van der Waals surface area contributed by atoms with Crippen LogP contribution in [0.15, 0.2) is 24.3 Å². The Morgan fingerprint density at radius 2 is 2.00 bits per heavy atom. The second-order valence-electron chi connectivity index (χ2n) is 4.80. The van der Waals surface area contributed by atoms with E-state index in [1.54, 1.807) is 0 Å². The van der Waals surface area contributed by atoms with Gasteiger partial charge in [0.2, 0.25) is 0 Å². The number of fused-ring (bicyclic) bond motifs is 1. The predicted octanol–water partition coefficient (Wildman–Crippen LogP) is 3.48. The number of nitrogens with zero attached hydrogens (tertiary/aromatic N) is 1. The fraction of sp³-hybridized carbons (Fsp3) is 0.533. The molecule has 18 heavy (non-hydrogen) atoms. The Hall–Kier alpha value is -1.02. The quantitative estimate of drug-likeness (QED) is 0.590. The van der Waals surface area contributed by atoms with Gasteiger partial charge in [0.25, 0.3) is 5.91 Å². The monoisotopic (exact) mass is 265 g/mol. The van der Waals surface area contributed by atoms with Crippen LogP contribution in [0.4, 0.5) is 0 Å². The lowest BCUT2D eigenvalue weighted by molar-refractivity contribution is 0.0758. The van der Waals surface area contributed by atoms with Gasteiger partial charge in [-0.25, -0.2) is 0 Å². The average Bonchev–Trinajstić information content (AvgIpc) is 2.56. The number of rotatable bonds is 5. The summed E-state index contributed by atoms with van der Waals surface area (Å²) in [5.74, 6) is 0.922. The average molecular weight is 266 g/mol. The number of halogens is 1. The van der Waals surface area contributed by atoms with Crippen LogP contribution in [0.2, 0.25) is 0 Å². The number of hydrogen-bond donors (Lipinski definition) is 0. The molecule has 0 radical (unpaired) electrons. The van der Waals surface area contributed by atoms with Crippen molar-refractivity contribution in [1.82, 2.24) is 4.90 Å². The van der Waals surface area contributed by atoms with E-state index in [0.29, 0.717) is 0 Å². The van der Waals surface area contributed by atoms with Gasteiger partial charge >= 0.3 is 0 Å². The third-order valence-corrected chi connectivity index (χ3v) is 3.74. The molecule has 0 spiro atoms. The van der Waals surface area contributed by atoms with Crippen molar-refractivity contribution >= 4 is 17.5 Å². The van der Waals surface area contributed by atoms with Crippen LogP contribution in [0, 0.1) is 0 Å². The summed E-state index contributed by atoms with van der Waals surface area (Å²) in [6.45, 7) is 1.75. The van der Waals surface area contributed by atoms with Crippen LogP contribution in [-0.4, -0.2) is 29.8 Å². The van der Waals surface area contributed by atoms with Crippen molar-refractivity contribution in [1.29, 1.82) is 0 Å². The zero-order valence-electron chi connectivity index (χ0n) is 10.7. The summed E-state index contributed by atoms with van der Waals surface area (Å²) in [7, 11) is 0. The lowest BCUT2D eigenvalue weighted by Gasteiger charge is -2.20. The third kappa shape index (κ3) is 3.26. The van der Waals surface area contributed by atoms with Crippen molar-refractivity contribution in [2.75, 3.05) is 19.0 Å². The van der Waals surface area contributed by atoms with E-state index < -0.39 is 0 Å². The molecule has 3 heteroatoms. The first-order valence-electron chi connectivity index (χ1n) is 6.76. The molecule has 0 fully saturated rings. The Balaban J connectivity index is 1.99. The van der Waals surface area contributed by atoms with Gasteiger partial charge in [0.1, 0.15) is 0 Å². The van der Waals surface area contributed by atoms with Crippen LogP contribution in [-0.2, 0) is 6.42 Å². The summed E-state index contributed by atoms with van der Waals surface area (Å²) in [5, 5.41) is 0. The van der Waals surface area contributed by atoms with Crippen molar-refractivity contribution in [2.45, 2.75) is 32.1 Å². The normalized spacial score (nSPS) is 15.4. The molecule has 1 aliphatic heterocycles. The number of hydrogen-bond acceptors (Lipinski definition) is 1. The van der Waals surface area contributed by atoms with Gasteiger partial charge in [-0.05, 0) is 37.3 Å². The lowest BCUT2D eigenvalue weighted by atomic mass is 10.0. The van der Waals surface area contributed by atoms with Crippen molar-refractivity contribution in [3.8, 4) is 0 Å². The number of alkyl halides is 1. The Kier molecular flexibility index (Phi) is 5.06. The highest BCUT2D eigenvalue weighted by Gasteiger charge is 2.21. The van der Waals surface area contributed by atoms with Gasteiger partial charge in [0.15, 0.2) is 0 Å². The maximum atomic E-state index is 12.4. The second-order valence-corrected chi connectivity index (χ2v) is 5.18. The van der Waals surface area contributed by atoms with Gasteiger partial charge < -0.3 is 4.90 Å². The molecule has 1 aromatic carbocycles. The first-order valence-corrected chi connectivity index (χ1v) is 7.29. The summed E-state index contributed by atoms with van der Waals surface area (Å²) >= 11 is 5.66. The van der Waals surface area contributed by atoms with Crippen LogP contribution in [0.5, 0.6) is 0 Å². The fourth-order valence-electron chi connectivity index (χ4n) is 2.47. The molecule has 0 aliphatic carbocycles. The second kappa shape index (κ2) is 6.79. The number of carbonyl (C=O) groups excluding carboxylic acids is 1. The molecule has 2 rings (SSSR count). The molecule has 0 bridgehead atoms. The SMILES string of the molecule is O=C1c2ccccc2CCCN1CCCCCCl. The predicted molar refractivity (Wildman–Crippen MR) is 75.2 cm³/mol. The van der Waals surface area contributed by atoms with Crippen molar-refractivity contribution in [3.63, 3.8) is 0 Å². The molecule has 1 aliphatic rings. The fourth-order valence-corrected chi connectivity index (χ4v) is 2.66. The zero-order chi connectivity index (χ0) is 12.8. The van der Waals surface area contributed by atoms with Gasteiger partial charge in [-0.2, -0.15) is 0 Å². The van der Waals surface area contributed by atoms with Crippen LogP contribution in [0.25, 0.3) is 0 Å². The minimum Gasteiger partial charge on any atom is -0.339 e. The molecule has 0 N–H and O–H groups in total. The summed E-state index contributed by atoms with van der Waals surface area (Å²) < 4.78 is 0. The van der Waals surface area contributed by atoms with Crippen LogP contribution in [0.1, 0.15) is 41.6 Å². The van der Waals surface area contributed by atoms with Crippen LogP contribution >= 0.6 is 11.6 Å². The van der Waals surface area contributed by atoms with E-state index in [1.165, 1.54) is 5.56 Å². The lowest BCUT2D eigenvalue weighted by Crippen LogP contribution is -2.31. The molecule has 1 heterocycles. The first-order chi connectivity index (χ1) is 8.83. The van der Waals surface area contributed by atoms with Crippen molar-refractivity contribution < 1.29 is 4.79 Å². The molecule has 0 aromatic heterocycles. The maximum absolute atomic E-state index is 12.4. The van der Waals surface area contributed by atoms with Crippen molar-refractivity contribution in [3.05, 3.63) is 35.4 Å². The number of aryl methyl sites for hydroxylation is 1. The van der Waals surface area contributed by atoms with E-state index in [4.69, 9.17) is 11.6 Å². The van der Waals surface area contributed by atoms with E-state index in [0.717, 1.165) is 56.6 Å². The third-order valence-electron chi connectivity index (χ3n) is 3.47. The van der Waals surface area contributed by atoms with E-state index in [9.17, 15) is 4.79 Å². The highest BCUT2D eigenvalue weighted by molar-refractivity contribution is 6.17. The Morgan fingerprint density at radius 3 is 2.83 bits per heavy atom. The summed E-state index contributed by atoms with van der Waals surface area (Å²) in [4.78, 5) is 14.4. The zero-order valence-corrected chi connectivity index (χ0v) is 11.5. The molecule has 2 nitrogen and oxygen atoms in total. The standard InChI is InChI=1S/C15H20ClNO/c16-10-4-1-5-11-17-12-6-8-13-7-2-3-9-14(13)15(17)18/h2-3,7,9H,1,4-6,8,10-12H2. The molecular weight excluding hydrogens is 246 g/mol. The first kappa shape index (κ1) is 13.4. The highest BCUT2D eigenvalue weighted by Crippen LogP contribution is 2.18. The molecule has 98 valence electrons. The Labute approximate surface area is 114 Å². The van der Waals surface area contributed by atoms with Gasteiger partial charge in [0.05, 0.1) is 0 Å². The molecule has 1 aromatic rings. The van der Waals surface area contributed by atoms with Crippen LogP contribution in [0.3, 0.4) is 0 Å². The van der Waals surface area contributed by atoms with Gasteiger partial charge in [-0.15, -0.1) is 11.6 Å². The molecule has 0 saturated carbocycles. The number of amides is 1. The number of unbranched alkanes of at least 4 members (excludes halogenated alkanes) is 2. The largest absolute Gasteiger partial charge is 0.339 e. The number of benzene rings is 1. The Bertz CT molecular complexity index is 405. The van der Waals surface area contributed by atoms with Gasteiger partial charge in [-0.3, -0.25) is 4.79 Å². The minimum atomic E-state index is 0.203. The van der Waals surface area contributed by atoms with Crippen molar-refractivity contribution in [2.24, 2.45) is 0 Å². The summed E-state index contributed by atoms with van der Waals surface area (Å²) in [6.07, 6.45) is 5.29. The summed E-state index contributed by atoms with van der Waals surface area (Å²) in [5.41, 5.74) is 2.10. The molecule has 1 amide bonds. The minimum absolute atomic E-state index is 0.203.